The molecule has 0 aliphatic heterocycles. The lowest BCUT2D eigenvalue weighted by molar-refractivity contribution is -0.122. The number of ether oxygens (including phenoxy) is 1. The molecule has 0 radical (unpaired) electrons. The molecule has 0 saturated heterocycles. The van der Waals surface area contributed by atoms with Crippen LogP contribution in [0.1, 0.15) is 0 Å². The summed E-state index contributed by atoms with van der Waals surface area (Å²) in [5.74, 6) is -1.34. The zero-order chi connectivity index (χ0) is 23.1. The van der Waals surface area contributed by atoms with E-state index in [1.165, 1.54) is 35.9 Å². The number of aromatic nitrogens is 2. The highest BCUT2D eigenvalue weighted by atomic mass is 35.5. The van der Waals surface area contributed by atoms with Crippen molar-refractivity contribution in [2.24, 2.45) is 0 Å². The van der Waals surface area contributed by atoms with Gasteiger partial charge in [-0.25, -0.2) is 9.37 Å². The SMILES string of the molecule is COCCn1c(SCC(=O)NCC(=O)Nc2ccc(F)cc2)nc2cc(Cl)ccc2c1=O. The Morgan fingerprint density at radius 2 is 1.94 bits per heavy atom. The van der Waals surface area contributed by atoms with Crippen LogP contribution in [0.25, 0.3) is 10.9 Å². The molecule has 2 aromatic carbocycles. The molecule has 2 amide bonds. The third kappa shape index (κ3) is 6.28. The third-order valence-corrected chi connectivity index (χ3v) is 5.52. The molecule has 8 nitrogen and oxygen atoms in total. The molecule has 0 atom stereocenters. The maximum absolute atomic E-state index is 12.9. The summed E-state index contributed by atoms with van der Waals surface area (Å²) >= 11 is 7.08. The van der Waals surface area contributed by atoms with Crippen LogP contribution in [-0.2, 0) is 20.9 Å². The van der Waals surface area contributed by atoms with E-state index in [2.05, 4.69) is 15.6 Å². The van der Waals surface area contributed by atoms with Crippen molar-refractivity contribution in [2.45, 2.75) is 11.7 Å². The number of nitrogens with zero attached hydrogens (tertiary/aromatic N) is 2. The molecule has 168 valence electrons. The van der Waals surface area contributed by atoms with E-state index in [0.717, 1.165) is 11.8 Å². The minimum Gasteiger partial charge on any atom is -0.383 e. The van der Waals surface area contributed by atoms with Crippen LogP contribution in [0, 0.1) is 5.82 Å². The lowest BCUT2D eigenvalue weighted by Crippen LogP contribution is -2.34. The number of halogens is 2. The summed E-state index contributed by atoms with van der Waals surface area (Å²) in [5.41, 5.74) is 0.587. The number of carbonyl (C=O) groups excluding carboxylic acids is 2. The molecule has 3 rings (SSSR count). The number of fused-ring (bicyclic) bond motifs is 1. The molecule has 2 N–H and O–H groups in total. The monoisotopic (exact) mass is 478 g/mol. The molecule has 1 heterocycles. The molecule has 11 heteroatoms. The molecular formula is C21H20ClFN4O4S. The van der Waals surface area contributed by atoms with Crippen LogP contribution in [0.5, 0.6) is 0 Å². The van der Waals surface area contributed by atoms with E-state index in [1.807, 2.05) is 0 Å². The van der Waals surface area contributed by atoms with Crippen LogP contribution in [0.15, 0.2) is 52.4 Å². The fraction of sp³-hybridized carbons (Fsp3) is 0.238. The Hall–Kier alpha value is -2.95. The second-order valence-corrected chi connectivity index (χ2v) is 8.00. The predicted octanol–water partition coefficient (Wildman–Crippen LogP) is 2.68. The van der Waals surface area contributed by atoms with E-state index in [0.29, 0.717) is 33.4 Å². The van der Waals surface area contributed by atoms with E-state index >= 15 is 0 Å². The number of thioether (sulfide) groups is 1. The van der Waals surface area contributed by atoms with Crippen LogP contribution in [0.4, 0.5) is 10.1 Å². The third-order valence-electron chi connectivity index (χ3n) is 4.31. The number of anilines is 1. The van der Waals surface area contributed by atoms with Gasteiger partial charge in [0.2, 0.25) is 11.8 Å². The number of rotatable bonds is 9. The number of carbonyl (C=O) groups is 2. The first-order valence-corrected chi connectivity index (χ1v) is 10.9. The molecule has 0 bridgehead atoms. The van der Waals surface area contributed by atoms with E-state index in [1.54, 1.807) is 18.2 Å². The first kappa shape index (κ1) is 23.7. The van der Waals surface area contributed by atoms with Crippen LogP contribution < -0.4 is 16.2 Å². The van der Waals surface area contributed by atoms with Gasteiger partial charge in [-0.1, -0.05) is 23.4 Å². The van der Waals surface area contributed by atoms with Gasteiger partial charge >= 0.3 is 0 Å². The van der Waals surface area contributed by atoms with Crippen LogP contribution >= 0.6 is 23.4 Å². The predicted molar refractivity (Wildman–Crippen MR) is 122 cm³/mol. The standard InChI is InChI=1S/C21H20ClFN4O4S/c1-31-9-8-27-20(30)16-7-2-13(22)10-17(16)26-21(27)32-12-19(29)24-11-18(28)25-15-5-3-14(23)4-6-15/h2-7,10H,8-9,11-12H2,1H3,(H,24,29)(H,25,28). The number of methoxy groups -OCH3 is 1. The van der Waals surface area contributed by atoms with Gasteiger partial charge in [-0.3, -0.25) is 19.0 Å². The fourth-order valence-corrected chi connectivity index (χ4v) is 3.78. The first-order chi connectivity index (χ1) is 15.4. The van der Waals surface area contributed by atoms with E-state index in [9.17, 15) is 18.8 Å². The normalized spacial score (nSPS) is 10.8. The molecule has 0 saturated carbocycles. The van der Waals surface area contributed by atoms with Gasteiger partial charge in [-0.2, -0.15) is 0 Å². The Morgan fingerprint density at radius 1 is 1.19 bits per heavy atom. The van der Waals surface area contributed by atoms with Crippen molar-refractivity contribution in [3.63, 3.8) is 0 Å². The summed E-state index contributed by atoms with van der Waals surface area (Å²) in [5, 5.41) is 6.25. The van der Waals surface area contributed by atoms with E-state index in [-0.39, 0.29) is 24.4 Å². The van der Waals surface area contributed by atoms with Gasteiger partial charge in [-0.15, -0.1) is 0 Å². The molecule has 1 aromatic heterocycles. The Bertz CT molecular complexity index is 1190. The average Bonchev–Trinajstić information content (AvgIpc) is 2.77. The molecular weight excluding hydrogens is 459 g/mol. The highest BCUT2D eigenvalue weighted by molar-refractivity contribution is 7.99. The summed E-state index contributed by atoms with van der Waals surface area (Å²) in [7, 11) is 1.52. The van der Waals surface area contributed by atoms with Gasteiger partial charge in [0.15, 0.2) is 5.16 Å². The van der Waals surface area contributed by atoms with Crippen LogP contribution in [0.2, 0.25) is 5.02 Å². The van der Waals surface area contributed by atoms with Crippen LogP contribution in [-0.4, -0.2) is 47.4 Å². The number of hydrogen-bond acceptors (Lipinski definition) is 6. The summed E-state index contributed by atoms with van der Waals surface area (Å²) in [6.45, 7) is 0.308. The Balaban J connectivity index is 1.63. The Morgan fingerprint density at radius 3 is 2.66 bits per heavy atom. The van der Waals surface area contributed by atoms with E-state index in [4.69, 9.17) is 16.3 Å². The van der Waals surface area contributed by atoms with Crippen molar-refractivity contribution >= 4 is 51.8 Å². The van der Waals surface area contributed by atoms with Gasteiger partial charge in [0.05, 0.1) is 36.4 Å². The second kappa shape index (κ2) is 11.1. The van der Waals surface area contributed by atoms with Crippen molar-refractivity contribution in [3.8, 4) is 0 Å². The lowest BCUT2D eigenvalue weighted by Gasteiger charge is -2.13. The van der Waals surface area contributed by atoms with Gasteiger partial charge in [-0.05, 0) is 42.5 Å². The summed E-state index contributed by atoms with van der Waals surface area (Å²) in [6.07, 6.45) is 0. The van der Waals surface area contributed by atoms with Gasteiger partial charge in [0, 0.05) is 17.8 Å². The molecule has 3 aromatic rings. The van der Waals surface area contributed by atoms with Gasteiger partial charge < -0.3 is 15.4 Å². The smallest absolute Gasteiger partial charge is 0.262 e. The zero-order valence-corrected chi connectivity index (χ0v) is 18.6. The van der Waals surface area contributed by atoms with Crippen molar-refractivity contribution in [1.82, 2.24) is 14.9 Å². The molecule has 0 spiro atoms. The molecule has 0 unspecified atom stereocenters. The summed E-state index contributed by atoms with van der Waals surface area (Å²) in [4.78, 5) is 41.5. The average molecular weight is 479 g/mol. The minimum atomic E-state index is -0.453. The zero-order valence-electron chi connectivity index (χ0n) is 17.1. The lowest BCUT2D eigenvalue weighted by atomic mass is 10.2. The Kier molecular flexibility index (Phi) is 8.20. The second-order valence-electron chi connectivity index (χ2n) is 6.63. The van der Waals surface area contributed by atoms with Gasteiger partial charge in [0.1, 0.15) is 5.82 Å². The fourth-order valence-electron chi connectivity index (χ4n) is 2.76. The number of benzene rings is 2. The first-order valence-electron chi connectivity index (χ1n) is 9.51. The van der Waals surface area contributed by atoms with Crippen molar-refractivity contribution in [2.75, 3.05) is 31.3 Å². The van der Waals surface area contributed by atoms with Crippen molar-refractivity contribution in [3.05, 3.63) is 63.7 Å². The molecule has 0 aliphatic rings. The van der Waals surface area contributed by atoms with Crippen LogP contribution in [0.3, 0.4) is 0 Å². The largest absolute Gasteiger partial charge is 0.383 e. The molecule has 0 aliphatic carbocycles. The number of hydrogen-bond donors (Lipinski definition) is 2. The highest BCUT2D eigenvalue weighted by Gasteiger charge is 2.14. The van der Waals surface area contributed by atoms with Crippen molar-refractivity contribution in [1.29, 1.82) is 0 Å². The summed E-state index contributed by atoms with van der Waals surface area (Å²) in [6, 6.07) is 10.1. The Labute approximate surface area is 192 Å². The number of amides is 2. The molecule has 0 fully saturated rings. The maximum Gasteiger partial charge on any atom is 0.262 e. The minimum absolute atomic E-state index is 0.0602. The highest BCUT2D eigenvalue weighted by Crippen LogP contribution is 2.20. The van der Waals surface area contributed by atoms with Crippen molar-refractivity contribution < 1.29 is 18.7 Å². The van der Waals surface area contributed by atoms with E-state index < -0.39 is 17.6 Å². The topological polar surface area (TPSA) is 102 Å². The number of nitrogens with one attached hydrogen (secondary N) is 2. The summed E-state index contributed by atoms with van der Waals surface area (Å²) < 4.78 is 19.4. The van der Waals surface area contributed by atoms with Gasteiger partial charge in [0.25, 0.3) is 5.56 Å². The quantitative estimate of drug-likeness (QED) is 0.362. The molecule has 32 heavy (non-hydrogen) atoms. The maximum atomic E-state index is 12.9.